The summed E-state index contributed by atoms with van der Waals surface area (Å²) in [5.74, 6) is 0.494. The van der Waals surface area contributed by atoms with Crippen LogP contribution in [0.3, 0.4) is 0 Å². The zero-order valence-electron chi connectivity index (χ0n) is 16.7. The lowest BCUT2D eigenvalue weighted by molar-refractivity contribution is 0.0134. The molecule has 1 heterocycles. The molecule has 2 aromatic carbocycles. The summed E-state index contributed by atoms with van der Waals surface area (Å²) in [6, 6.07) is 17.0. The third kappa shape index (κ3) is 5.41. The Morgan fingerprint density at radius 1 is 1.00 bits per heavy atom. The molecule has 1 saturated heterocycles. The Morgan fingerprint density at radius 3 is 2.32 bits per heavy atom. The van der Waals surface area contributed by atoms with Crippen molar-refractivity contribution in [1.82, 2.24) is 9.62 Å². The van der Waals surface area contributed by atoms with Crippen molar-refractivity contribution in [3.63, 3.8) is 0 Å². The molecule has 1 unspecified atom stereocenters. The summed E-state index contributed by atoms with van der Waals surface area (Å²) in [5.41, 5.74) is 1.62. The Hall–Kier alpha value is -1.73. The van der Waals surface area contributed by atoms with Gasteiger partial charge in [-0.2, -0.15) is 0 Å². The molecule has 0 spiro atoms. The van der Waals surface area contributed by atoms with E-state index in [4.69, 9.17) is 4.74 Å². The van der Waals surface area contributed by atoms with Crippen LogP contribution in [0.1, 0.15) is 20.3 Å². The van der Waals surface area contributed by atoms with Crippen LogP contribution >= 0.6 is 0 Å². The van der Waals surface area contributed by atoms with Crippen LogP contribution in [0.5, 0.6) is 0 Å². The quantitative estimate of drug-likeness (QED) is 0.735. The van der Waals surface area contributed by atoms with E-state index < -0.39 is 10.0 Å². The molecule has 0 saturated carbocycles. The van der Waals surface area contributed by atoms with E-state index in [0.717, 1.165) is 30.6 Å². The van der Waals surface area contributed by atoms with E-state index in [1.807, 2.05) is 42.5 Å². The highest BCUT2D eigenvalue weighted by Crippen LogP contribution is 2.27. The molecule has 3 rings (SSSR count). The number of benzene rings is 2. The maximum atomic E-state index is 13.1. The molecule has 1 aliphatic heterocycles. The molecular formula is C22H30N2O3S. The highest BCUT2D eigenvalue weighted by molar-refractivity contribution is 7.89. The summed E-state index contributed by atoms with van der Waals surface area (Å²) in [6.07, 6.45) is 0.947. The van der Waals surface area contributed by atoms with E-state index in [2.05, 4.69) is 23.5 Å². The summed E-state index contributed by atoms with van der Waals surface area (Å²) in [6.45, 7) is 7.86. The molecule has 28 heavy (non-hydrogen) atoms. The van der Waals surface area contributed by atoms with Crippen LogP contribution in [-0.4, -0.2) is 52.2 Å². The Labute approximate surface area is 168 Å². The Morgan fingerprint density at radius 2 is 1.64 bits per heavy atom. The summed E-state index contributed by atoms with van der Waals surface area (Å²) in [4.78, 5) is 2.67. The minimum absolute atomic E-state index is 0.169. The number of hydrogen-bond acceptors (Lipinski definition) is 4. The predicted molar refractivity (Wildman–Crippen MR) is 113 cm³/mol. The number of sulfonamides is 1. The number of ether oxygens (including phenoxy) is 1. The van der Waals surface area contributed by atoms with Crippen molar-refractivity contribution in [1.29, 1.82) is 0 Å². The number of nitrogens with one attached hydrogen (secondary N) is 1. The van der Waals surface area contributed by atoms with E-state index >= 15 is 0 Å². The van der Waals surface area contributed by atoms with Crippen LogP contribution in [0.25, 0.3) is 11.1 Å². The number of morpholine rings is 1. The lowest BCUT2D eigenvalue weighted by atomic mass is 10.0. The monoisotopic (exact) mass is 402 g/mol. The molecule has 152 valence electrons. The highest BCUT2D eigenvalue weighted by Gasteiger charge is 2.25. The van der Waals surface area contributed by atoms with Crippen LogP contribution in [0.15, 0.2) is 59.5 Å². The van der Waals surface area contributed by atoms with Crippen molar-refractivity contribution in [3.05, 3.63) is 54.6 Å². The average molecular weight is 403 g/mol. The number of rotatable bonds is 8. The van der Waals surface area contributed by atoms with Crippen LogP contribution in [0.2, 0.25) is 0 Å². The Kier molecular flexibility index (Phi) is 7.24. The van der Waals surface area contributed by atoms with Crippen molar-refractivity contribution < 1.29 is 13.2 Å². The van der Waals surface area contributed by atoms with Crippen LogP contribution in [-0.2, 0) is 14.8 Å². The summed E-state index contributed by atoms with van der Waals surface area (Å²) >= 11 is 0. The number of hydrogen-bond donors (Lipinski definition) is 1. The van der Waals surface area contributed by atoms with Crippen LogP contribution in [0, 0.1) is 5.92 Å². The summed E-state index contributed by atoms with van der Waals surface area (Å²) in [7, 11) is -3.62. The van der Waals surface area contributed by atoms with Gasteiger partial charge in [0, 0.05) is 31.2 Å². The van der Waals surface area contributed by atoms with Gasteiger partial charge in [-0.25, -0.2) is 13.1 Å². The molecule has 2 aromatic rings. The lowest BCUT2D eigenvalue weighted by Crippen LogP contribution is -2.49. The smallest absolute Gasteiger partial charge is 0.241 e. The summed E-state index contributed by atoms with van der Waals surface area (Å²) < 4.78 is 34.6. The van der Waals surface area contributed by atoms with Gasteiger partial charge in [-0.15, -0.1) is 0 Å². The molecule has 5 nitrogen and oxygen atoms in total. The zero-order chi connectivity index (χ0) is 20.0. The maximum absolute atomic E-state index is 13.1. The molecule has 0 aromatic heterocycles. The standard InChI is InChI=1S/C22H30N2O3S/c1-18(2)16-20(24-12-14-27-15-13-24)17-23-28(25,26)22-11-7-6-10-21(22)19-8-4-3-5-9-19/h3-11,18,20,23H,12-17H2,1-2H3. The molecule has 0 bridgehead atoms. The largest absolute Gasteiger partial charge is 0.379 e. The molecule has 1 atom stereocenters. The van der Waals surface area contributed by atoms with Gasteiger partial charge in [0.05, 0.1) is 18.1 Å². The molecule has 1 aliphatic rings. The molecular weight excluding hydrogens is 372 g/mol. The molecule has 0 radical (unpaired) electrons. The molecule has 0 aliphatic carbocycles. The van der Waals surface area contributed by atoms with Crippen molar-refractivity contribution in [3.8, 4) is 11.1 Å². The van der Waals surface area contributed by atoms with Crippen molar-refractivity contribution in [2.45, 2.75) is 31.2 Å². The van der Waals surface area contributed by atoms with Gasteiger partial charge >= 0.3 is 0 Å². The van der Waals surface area contributed by atoms with Gasteiger partial charge < -0.3 is 4.74 Å². The van der Waals surface area contributed by atoms with Crippen molar-refractivity contribution in [2.75, 3.05) is 32.8 Å². The molecule has 0 amide bonds. The fraction of sp³-hybridized carbons (Fsp3) is 0.455. The van der Waals surface area contributed by atoms with Crippen LogP contribution in [0.4, 0.5) is 0 Å². The number of nitrogens with zero attached hydrogens (tertiary/aromatic N) is 1. The zero-order valence-corrected chi connectivity index (χ0v) is 17.5. The minimum Gasteiger partial charge on any atom is -0.379 e. The third-order valence-corrected chi connectivity index (χ3v) is 6.56. The van der Waals surface area contributed by atoms with Gasteiger partial charge in [0.1, 0.15) is 0 Å². The normalized spacial score (nSPS) is 17.0. The molecule has 6 heteroatoms. The van der Waals surface area contributed by atoms with Gasteiger partial charge in [0.25, 0.3) is 0 Å². The van der Waals surface area contributed by atoms with Gasteiger partial charge in [0.2, 0.25) is 10.0 Å². The summed E-state index contributed by atoms with van der Waals surface area (Å²) in [5, 5.41) is 0. The lowest BCUT2D eigenvalue weighted by Gasteiger charge is -2.35. The fourth-order valence-electron chi connectivity index (χ4n) is 3.69. The highest BCUT2D eigenvalue weighted by atomic mass is 32.2. The molecule has 1 N–H and O–H groups in total. The van der Waals surface area contributed by atoms with Gasteiger partial charge in [-0.05, 0) is 24.0 Å². The second kappa shape index (κ2) is 9.65. The second-order valence-electron chi connectivity index (χ2n) is 7.65. The first kappa shape index (κ1) is 21.0. The first-order valence-electron chi connectivity index (χ1n) is 9.93. The first-order chi connectivity index (χ1) is 13.5. The maximum Gasteiger partial charge on any atom is 0.241 e. The van der Waals surface area contributed by atoms with Gasteiger partial charge in [0.15, 0.2) is 0 Å². The van der Waals surface area contributed by atoms with E-state index in [0.29, 0.717) is 30.6 Å². The van der Waals surface area contributed by atoms with E-state index in [1.54, 1.807) is 12.1 Å². The first-order valence-corrected chi connectivity index (χ1v) is 11.4. The second-order valence-corrected chi connectivity index (χ2v) is 9.38. The van der Waals surface area contributed by atoms with Crippen molar-refractivity contribution >= 4 is 10.0 Å². The average Bonchev–Trinajstić information content (AvgIpc) is 2.72. The Bertz CT molecular complexity index is 847. The minimum atomic E-state index is -3.62. The predicted octanol–water partition coefficient (Wildman–Crippen LogP) is 3.38. The van der Waals surface area contributed by atoms with E-state index in [9.17, 15) is 8.42 Å². The van der Waals surface area contributed by atoms with E-state index in [1.165, 1.54) is 0 Å². The van der Waals surface area contributed by atoms with Crippen LogP contribution < -0.4 is 4.72 Å². The van der Waals surface area contributed by atoms with E-state index in [-0.39, 0.29) is 6.04 Å². The fourth-order valence-corrected chi connectivity index (χ4v) is 4.99. The SMILES string of the molecule is CC(C)CC(CNS(=O)(=O)c1ccccc1-c1ccccc1)N1CCOCC1. The van der Waals surface area contributed by atoms with Gasteiger partial charge in [-0.1, -0.05) is 62.4 Å². The van der Waals surface area contributed by atoms with Crippen molar-refractivity contribution in [2.24, 2.45) is 5.92 Å². The Balaban J connectivity index is 1.79. The molecule has 1 fully saturated rings. The van der Waals surface area contributed by atoms with Gasteiger partial charge in [-0.3, -0.25) is 4.90 Å². The topological polar surface area (TPSA) is 58.6 Å². The third-order valence-electron chi connectivity index (χ3n) is 5.08.